The minimum absolute atomic E-state index is 0.0346. The van der Waals surface area contributed by atoms with Crippen molar-refractivity contribution in [2.45, 2.75) is 85.0 Å². The summed E-state index contributed by atoms with van der Waals surface area (Å²) >= 11 is 0. The molecule has 2 atom stereocenters. The number of anilines is 1. The molecule has 3 amide bonds. The van der Waals surface area contributed by atoms with Gasteiger partial charge in [-0.25, -0.2) is 4.79 Å². The van der Waals surface area contributed by atoms with Crippen molar-refractivity contribution in [1.29, 1.82) is 0 Å². The number of rotatable bonds is 10. The third kappa shape index (κ3) is 8.63. The van der Waals surface area contributed by atoms with Crippen molar-refractivity contribution < 1.29 is 29.0 Å². The van der Waals surface area contributed by atoms with E-state index in [0.717, 1.165) is 0 Å². The molecule has 0 heterocycles. The monoisotopic (exact) mass is 541 g/mol. The first-order valence-corrected chi connectivity index (χ1v) is 13.2. The molecule has 3 N–H and O–H groups in total. The van der Waals surface area contributed by atoms with Crippen LogP contribution in [0.15, 0.2) is 48.5 Å². The lowest BCUT2D eigenvalue weighted by atomic mass is 9.90. The van der Waals surface area contributed by atoms with Crippen LogP contribution in [0.25, 0.3) is 0 Å². The third-order valence-electron chi connectivity index (χ3n) is 6.43. The van der Waals surface area contributed by atoms with Crippen LogP contribution in [0.1, 0.15) is 73.4 Å². The van der Waals surface area contributed by atoms with Gasteiger partial charge in [-0.2, -0.15) is 0 Å². The number of hydrogen-bond donors (Lipinski definition) is 3. The summed E-state index contributed by atoms with van der Waals surface area (Å²) in [6.45, 7) is 14.6. The SMILES string of the molecule is CCC(C)(C)N(C(=O)C(NC(=O)OC(C)(C)C)C(C)C)C(C(=O)Nc1ccc(OC)cc1)c1ccc(O)cc1. The summed E-state index contributed by atoms with van der Waals surface area (Å²) in [4.78, 5) is 42.5. The van der Waals surface area contributed by atoms with E-state index < -0.39 is 41.1 Å². The van der Waals surface area contributed by atoms with Gasteiger partial charge in [-0.15, -0.1) is 0 Å². The molecule has 2 unspecified atom stereocenters. The maximum Gasteiger partial charge on any atom is 0.408 e. The first kappa shape index (κ1) is 31.5. The lowest BCUT2D eigenvalue weighted by Gasteiger charge is -2.45. The van der Waals surface area contributed by atoms with Gasteiger partial charge in [-0.3, -0.25) is 9.59 Å². The summed E-state index contributed by atoms with van der Waals surface area (Å²) in [5, 5.41) is 15.6. The Balaban J connectivity index is 2.59. The first-order chi connectivity index (χ1) is 18.1. The maximum absolute atomic E-state index is 14.3. The Bertz CT molecular complexity index is 1120. The Morgan fingerprint density at radius 1 is 0.949 bits per heavy atom. The topological polar surface area (TPSA) is 117 Å². The molecule has 0 aliphatic carbocycles. The van der Waals surface area contributed by atoms with Gasteiger partial charge < -0.3 is 30.1 Å². The van der Waals surface area contributed by atoms with E-state index in [-0.39, 0.29) is 11.7 Å². The van der Waals surface area contributed by atoms with Crippen molar-refractivity contribution in [1.82, 2.24) is 10.2 Å². The molecule has 2 rings (SSSR count). The van der Waals surface area contributed by atoms with E-state index in [2.05, 4.69) is 10.6 Å². The molecule has 2 aromatic carbocycles. The summed E-state index contributed by atoms with van der Waals surface area (Å²) in [5.74, 6) is -0.496. The van der Waals surface area contributed by atoms with Gasteiger partial charge in [0.05, 0.1) is 7.11 Å². The molecule has 9 nitrogen and oxygen atoms in total. The molecule has 2 aromatic rings. The van der Waals surface area contributed by atoms with Crippen LogP contribution >= 0.6 is 0 Å². The highest BCUT2D eigenvalue weighted by Crippen LogP contribution is 2.34. The van der Waals surface area contributed by atoms with Crippen LogP contribution in [-0.4, -0.2) is 52.2 Å². The average Bonchev–Trinajstić information content (AvgIpc) is 2.85. The zero-order valence-electron chi connectivity index (χ0n) is 24.5. The number of carbonyl (C=O) groups excluding carboxylic acids is 3. The Morgan fingerprint density at radius 2 is 1.51 bits per heavy atom. The molecule has 0 saturated heterocycles. The van der Waals surface area contributed by atoms with Crippen molar-refractivity contribution >= 4 is 23.6 Å². The van der Waals surface area contributed by atoms with Gasteiger partial charge in [0.1, 0.15) is 29.2 Å². The zero-order valence-corrected chi connectivity index (χ0v) is 24.5. The zero-order chi connectivity index (χ0) is 29.5. The smallest absolute Gasteiger partial charge is 0.408 e. The number of nitrogens with zero attached hydrogens (tertiary/aromatic N) is 1. The molecule has 0 saturated carbocycles. The largest absolute Gasteiger partial charge is 0.508 e. The van der Waals surface area contributed by atoms with Crippen LogP contribution in [0.2, 0.25) is 0 Å². The van der Waals surface area contributed by atoms with E-state index in [1.165, 1.54) is 17.0 Å². The van der Waals surface area contributed by atoms with Crippen LogP contribution in [0.3, 0.4) is 0 Å². The standard InChI is InChI=1S/C30H43N3O6/c1-10-30(7,8)33(27(36)24(19(2)3)32-28(37)39-29(4,5)6)25(20-11-15-22(34)16-12-20)26(35)31-21-13-17-23(38-9)18-14-21/h11-19,24-25,34H,10H2,1-9H3,(H,31,35)(H,32,37). The minimum Gasteiger partial charge on any atom is -0.508 e. The molecule has 214 valence electrons. The highest BCUT2D eigenvalue weighted by molar-refractivity contribution is 5.99. The van der Waals surface area contributed by atoms with Gasteiger partial charge in [-0.1, -0.05) is 32.9 Å². The number of nitrogens with one attached hydrogen (secondary N) is 2. The minimum atomic E-state index is -1.07. The Morgan fingerprint density at radius 3 is 1.97 bits per heavy atom. The number of hydrogen-bond acceptors (Lipinski definition) is 6. The normalized spacial score (nSPS) is 13.3. The number of alkyl carbamates (subject to hydrolysis) is 1. The molecule has 0 radical (unpaired) electrons. The van der Waals surface area contributed by atoms with Crippen molar-refractivity contribution in [2.24, 2.45) is 5.92 Å². The summed E-state index contributed by atoms with van der Waals surface area (Å²) in [6, 6.07) is 11.0. The van der Waals surface area contributed by atoms with E-state index in [0.29, 0.717) is 23.4 Å². The first-order valence-electron chi connectivity index (χ1n) is 13.2. The lowest BCUT2D eigenvalue weighted by Crippen LogP contribution is -2.60. The molecule has 9 heteroatoms. The van der Waals surface area contributed by atoms with Gasteiger partial charge >= 0.3 is 6.09 Å². The second-order valence-corrected chi connectivity index (χ2v) is 11.5. The molecular weight excluding hydrogens is 498 g/mol. The molecular formula is C30H43N3O6. The predicted octanol–water partition coefficient (Wildman–Crippen LogP) is 5.65. The van der Waals surface area contributed by atoms with Gasteiger partial charge in [0.25, 0.3) is 5.91 Å². The number of ether oxygens (including phenoxy) is 2. The van der Waals surface area contributed by atoms with Gasteiger partial charge in [0.2, 0.25) is 5.91 Å². The third-order valence-corrected chi connectivity index (χ3v) is 6.43. The van der Waals surface area contributed by atoms with Crippen LogP contribution in [0.5, 0.6) is 11.5 Å². The van der Waals surface area contributed by atoms with Crippen LogP contribution in [-0.2, 0) is 14.3 Å². The van der Waals surface area contributed by atoms with E-state index in [1.807, 2.05) is 34.6 Å². The second-order valence-electron chi connectivity index (χ2n) is 11.5. The quantitative estimate of drug-likeness (QED) is 0.358. The van der Waals surface area contributed by atoms with Gasteiger partial charge in [0, 0.05) is 11.2 Å². The summed E-state index contributed by atoms with van der Waals surface area (Å²) in [5.41, 5.74) is -0.504. The van der Waals surface area contributed by atoms with E-state index in [1.54, 1.807) is 64.3 Å². The van der Waals surface area contributed by atoms with Crippen LogP contribution in [0.4, 0.5) is 10.5 Å². The molecule has 39 heavy (non-hydrogen) atoms. The van der Waals surface area contributed by atoms with Gasteiger partial charge in [0.15, 0.2) is 0 Å². The van der Waals surface area contributed by atoms with E-state index in [9.17, 15) is 19.5 Å². The van der Waals surface area contributed by atoms with Crippen molar-refractivity contribution in [3.63, 3.8) is 0 Å². The van der Waals surface area contributed by atoms with E-state index in [4.69, 9.17) is 9.47 Å². The summed E-state index contributed by atoms with van der Waals surface area (Å²) in [7, 11) is 1.56. The van der Waals surface area contributed by atoms with Crippen LogP contribution in [0, 0.1) is 5.92 Å². The number of amides is 3. The maximum atomic E-state index is 14.3. The highest BCUT2D eigenvalue weighted by Gasteiger charge is 2.44. The highest BCUT2D eigenvalue weighted by atomic mass is 16.6. The van der Waals surface area contributed by atoms with Crippen LogP contribution < -0.4 is 15.4 Å². The number of methoxy groups -OCH3 is 1. The molecule has 0 aliphatic heterocycles. The van der Waals surface area contributed by atoms with Crippen molar-refractivity contribution in [3.8, 4) is 11.5 Å². The molecule has 0 spiro atoms. The number of carbonyl (C=O) groups is 3. The number of benzene rings is 2. The average molecular weight is 542 g/mol. The van der Waals surface area contributed by atoms with Crippen molar-refractivity contribution in [3.05, 3.63) is 54.1 Å². The molecule has 0 bridgehead atoms. The fourth-order valence-electron chi connectivity index (χ4n) is 4.00. The molecule has 0 aromatic heterocycles. The number of phenols is 1. The fourth-order valence-corrected chi connectivity index (χ4v) is 4.00. The summed E-state index contributed by atoms with van der Waals surface area (Å²) in [6.07, 6.45) is -0.187. The Hall–Kier alpha value is -3.75. The molecule has 0 aliphatic rings. The summed E-state index contributed by atoms with van der Waals surface area (Å²) < 4.78 is 10.6. The fraction of sp³-hybridized carbons (Fsp3) is 0.500. The second kappa shape index (κ2) is 12.9. The van der Waals surface area contributed by atoms with E-state index >= 15 is 0 Å². The van der Waals surface area contributed by atoms with Gasteiger partial charge in [-0.05, 0) is 88.9 Å². The molecule has 0 fully saturated rings. The lowest BCUT2D eigenvalue weighted by molar-refractivity contribution is -0.148. The predicted molar refractivity (Wildman–Crippen MR) is 152 cm³/mol. The van der Waals surface area contributed by atoms with Crippen molar-refractivity contribution in [2.75, 3.05) is 12.4 Å². The number of aromatic hydroxyl groups is 1. The number of phenolic OH excluding ortho intramolecular Hbond substituents is 1. The Labute approximate surface area is 231 Å². The Kier molecular flexibility index (Phi) is 10.4.